The summed E-state index contributed by atoms with van der Waals surface area (Å²) in [6.45, 7) is 7.66. The number of esters is 1. The SMILES string of the molecule is COC(=O)[C@@H](C)[C@H](OC)[C@H](C)[C@@H](C)[C@H](C)C=O. The van der Waals surface area contributed by atoms with E-state index in [9.17, 15) is 9.59 Å². The van der Waals surface area contributed by atoms with E-state index >= 15 is 0 Å². The largest absolute Gasteiger partial charge is 0.469 e. The van der Waals surface area contributed by atoms with Gasteiger partial charge in [0, 0.05) is 13.0 Å². The zero-order chi connectivity index (χ0) is 13.6. The van der Waals surface area contributed by atoms with Gasteiger partial charge in [0.15, 0.2) is 0 Å². The number of hydrogen-bond donors (Lipinski definition) is 0. The molecule has 0 saturated heterocycles. The average Bonchev–Trinajstić information content (AvgIpc) is 2.36. The lowest BCUT2D eigenvalue weighted by Gasteiger charge is -2.32. The second-order valence-electron chi connectivity index (χ2n) is 4.73. The van der Waals surface area contributed by atoms with E-state index in [0.29, 0.717) is 0 Å². The molecule has 100 valence electrons. The van der Waals surface area contributed by atoms with Crippen LogP contribution in [0.2, 0.25) is 0 Å². The first-order valence-electron chi connectivity index (χ1n) is 5.96. The van der Waals surface area contributed by atoms with Crippen molar-refractivity contribution in [2.75, 3.05) is 14.2 Å². The molecule has 0 spiro atoms. The van der Waals surface area contributed by atoms with Gasteiger partial charge in [-0.15, -0.1) is 0 Å². The van der Waals surface area contributed by atoms with E-state index in [-0.39, 0.29) is 35.7 Å². The first kappa shape index (κ1) is 16.1. The Kier molecular flexibility index (Phi) is 7.04. The molecule has 0 fully saturated rings. The van der Waals surface area contributed by atoms with Gasteiger partial charge in [-0.1, -0.05) is 20.8 Å². The van der Waals surface area contributed by atoms with E-state index in [1.807, 2.05) is 20.8 Å². The molecule has 5 atom stereocenters. The predicted molar refractivity (Wildman–Crippen MR) is 65.5 cm³/mol. The molecule has 4 nitrogen and oxygen atoms in total. The van der Waals surface area contributed by atoms with Gasteiger partial charge in [-0.05, 0) is 18.8 Å². The summed E-state index contributed by atoms with van der Waals surface area (Å²) in [7, 11) is 2.95. The highest BCUT2D eigenvalue weighted by Gasteiger charge is 2.33. The van der Waals surface area contributed by atoms with Crippen LogP contribution in [0.4, 0.5) is 0 Å². The van der Waals surface area contributed by atoms with E-state index < -0.39 is 0 Å². The second kappa shape index (κ2) is 7.43. The van der Waals surface area contributed by atoms with Crippen LogP contribution in [0.25, 0.3) is 0 Å². The molecule has 0 unspecified atom stereocenters. The number of methoxy groups -OCH3 is 2. The molecule has 0 aromatic rings. The molecular weight excluding hydrogens is 220 g/mol. The van der Waals surface area contributed by atoms with Gasteiger partial charge >= 0.3 is 5.97 Å². The minimum absolute atomic E-state index is 0.0486. The number of aldehydes is 1. The molecule has 0 aliphatic carbocycles. The Labute approximate surface area is 104 Å². The van der Waals surface area contributed by atoms with Crippen molar-refractivity contribution in [1.29, 1.82) is 0 Å². The number of ether oxygens (including phenoxy) is 2. The van der Waals surface area contributed by atoms with Gasteiger partial charge in [0.25, 0.3) is 0 Å². The van der Waals surface area contributed by atoms with Crippen molar-refractivity contribution < 1.29 is 19.1 Å². The summed E-state index contributed by atoms with van der Waals surface area (Å²) in [6, 6.07) is 0. The predicted octanol–water partition coefficient (Wildman–Crippen LogP) is 1.92. The maximum atomic E-state index is 11.5. The maximum Gasteiger partial charge on any atom is 0.311 e. The van der Waals surface area contributed by atoms with Gasteiger partial charge in [0.2, 0.25) is 0 Å². The van der Waals surface area contributed by atoms with E-state index in [4.69, 9.17) is 9.47 Å². The van der Waals surface area contributed by atoms with Crippen molar-refractivity contribution >= 4 is 12.3 Å². The first-order valence-corrected chi connectivity index (χ1v) is 5.96. The lowest BCUT2D eigenvalue weighted by atomic mass is 9.79. The Morgan fingerprint density at radius 3 is 1.94 bits per heavy atom. The number of rotatable bonds is 7. The highest BCUT2D eigenvalue weighted by molar-refractivity contribution is 5.72. The molecule has 0 saturated carbocycles. The topological polar surface area (TPSA) is 52.6 Å². The van der Waals surface area contributed by atoms with E-state index in [1.54, 1.807) is 14.0 Å². The molecule has 4 heteroatoms. The van der Waals surface area contributed by atoms with Crippen LogP contribution in [-0.4, -0.2) is 32.6 Å². The fourth-order valence-corrected chi connectivity index (χ4v) is 2.10. The molecule has 0 heterocycles. The molecule has 0 radical (unpaired) electrons. The molecule has 0 amide bonds. The number of carbonyl (C=O) groups is 2. The van der Waals surface area contributed by atoms with Gasteiger partial charge in [-0.3, -0.25) is 4.79 Å². The number of hydrogen-bond acceptors (Lipinski definition) is 4. The van der Waals surface area contributed by atoms with Crippen LogP contribution in [0.3, 0.4) is 0 Å². The Morgan fingerprint density at radius 1 is 1.06 bits per heavy atom. The summed E-state index contributed by atoms with van der Waals surface area (Å²) in [5, 5.41) is 0. The fourth-order valence-electron chi connectivity index (χ4n) is 2.10. The van der Waals surface area contributed by atoms with Crippen LogP contribution < -0.4 is 0 Å². The highest BCUT2D eigenvalue weighted by atomic mass is 16.5. The van der Waals surface area contributed by atoms with Crippen LogP contribution in [0.15, 0.2) is 0 Å². The van der Waals surface area contributed by atoms with Crippen molar-refractivity contribution in [2.24, 2.45) is 23.7 Å². The lowest BCUT2D eigenvalue weighted by Crippen LogP contribution is -2.38. The Morgan fingerprint density at radius 2 is 1.59 bits per heavy atom. The van der Waals surface area contributed by atoms with Crippen molar-refractivity contribution in [2.45, 2.75) is 33.8 Å². The van der Waals surface area contributed by atoms with Gasteiger partial charge in [0.05, 0.1) is 19.1 Å². The summed E-state index contributed by atoms with van der Waals surface area (Å²) in [4.78, 5) is 22.3. The average molecular weight is 244 g/mol. The minimum Gasteiger partial charge on any atom is -0.469 e. The summed E-state index contributed by atoms with van der Waals surface area (Å²) >= 11 is 0. The van der Waals surface area contributed by atoms with E-state index in [0.717, 1.165) is 6.29 Å². The normalized spacial score (nSPS) is 19.9. The molecule has 0 N–H and O–H groups in total. The molecule has 0 bridgehead atoms. The Balaban J connectivity index is 4.75. The number of carbonyl (C=O) groups excluding carboxylic acids is 2. The van der Waals surface area contributed by atoms with Crippen LogP contribution in [0.5, 0.6) is 0 Å². The van der Waals surface area contributed by atoms with Crippen LogP contribution in [0, 0.1) is 23.7 Å². The molecule has 0 aromatic heterocycles. The monoisotopic (exact) mass is 244 g/mol. The van der Waals surface area contributed by atoms with Gasteiger partial charge in [-0.2, -0.15) is 0 Å². The summed E-state index contributed by atoms with van der Waals surface area (Å²) in [5.41, 5.74) is 0. The zero-order valence-corrected chi connectivity index (χ0v) is 11.6. The summed E-state index contributed by atoms with van der Waals surface area (Å²) < 4.78 is 10.1. The molecule has 0 aromatic carbocycles. The summed E-state index contributed by atoms with van der Waals surface area (Å²) in [5.74, 6) is -0.401. The van der Waals surface area contributed by atoms with E-state index in [2.05, 4.69) is 0 Å². The van der Waals surface area contributed by atoms with Crippen molar-refractivity contribution in [1.82, 2.24) is 0 Å². The first-order chi connectivity index (χ1) is 7.90. The highest BCUT2D eigenvalue weighted by Crippen LogP contribution is 2.28. The van der Waals surface area contributed by atoms with Crippen molar-refractivity contribution in [3.8, 4) is 0 Å². The van der Waals surface area contributed by atoms with Gasteiger partial charge in [0.1, 0.15) is 6.29 Å². The molecule has 17 heavy (non-hydrogen) atoms. The Bertz CT molecular complexity index is 252. The molecule has 0 aliphatic heterocycles. The van der Waals surface area contributed by atoms with Crippen LogP contribution in [-0.2, 0) is 19.1 Å². The minimum atomic E-state index is -0.332. The smallest absolute Gasteiger partial charge is 0.311 e. The third-order valence-electron chi connectivity index (χ3n) is 3.73. The van der Waals surface area contributed by atoms with Crippen molar-refractivity contribution in [3.63, 3.8) is 0 Å². The second-order valence-corrected chi connectivity index (χ2v) is 4.73. The third kappa shape index (κ3) is 4.11. The van der Waals surface area contributed by atoms with E-state index in [1.165, 1.54) is 7.11 Å². The Hall–Kier alpha value is -0.900. The summed E-state index contributed by atoms with van der Waals surface area (Å²) in [6.07, 6.45) is 0.705. The lowest BCUT2D eigenvalue weighted by molar-refractivity contribution is -0.152. The maximum absolute atomic E-state index is 11.5. The standard InChI is InChI=1S/C13H24O4/c1-8(7-14)9(2)10(3)12(16-5)11(4)13(15)17-6/h7-12H,1-6H3/t8-,9+,10-,11+,12-/m1/s1. The quantitative estimate of drug-likeness (QED) is 0.507. The van der Waals surface area contributed by atoms with Gasteiger partial charge in [-0.25, -0.2) is 0 Å². The van der Waals surface area contributed by atoms with Crippen LogP contribution in [0.1, 0.15) is 27.7 Å². The molecule has 0 rings (SSSR count). The zero-order valence-electron chi connectivity index (χ0n) is 11.6. The van der Waals surface area contributed by atoms with Gasteiger partial charge < -0.3 is 14.3 Å². The van der Waals surface area contributed by atoms with Crippen LogP contribution >= 0.6 is 0 Å². The van der Waals surface area contributed by atoms with Crippen molar-refractivity contribution in [3.05, 3.63) is 0 Å². The molecule has 0 aliphatic rings. The fraction of sp³-hybridized carbons (Fsp3) is 0.846. The third-order valence-corrected chi connectivity index (χ3v) is 3.73. The molecular formula is C13H24O4.